The van der Waals surface area contributed by atoms with Crippen LogP contribution in [0, 0.1) is 6.92 Å². The standard InChI is InChI=1S/C30H29N3O6S2/c1-4-38-25-14-20(10-13-24(25)39-18-28(35)31-21-11-8-19(2)9-12-21)15-26-29(36)33(30(37)41-26)17-27(34)32-22-6-5-7-23(16-22)40-3/h5-16H,4,17-18H2,1-3H3,(H,31,35)(H,32,34)/b26-15-. The molecule has 4 amide bonds. The highest BCUT2D eigenvalue weighted by Crippen LogP contribution is 2.35. The van der Waals surface area contributed by atoms with E-state index in [0.717, 1.165) is 27.1 Å². The lowest BCUT2D eigenvalue weighted by Crippen LogP contribution is -2.36. The zero-order chi connectivity index (χ0) is 29.4. The van der Waals surface area contributed by atoms with E-state index in [-0.39, 0.29) is 17.4 Å². The fourth-order valence-electron chi connectivity index (χ4n) is 3.81. The summed E-state index contributed by atoms with van der Waals surface area (Å²) in [5.41, 5.74) is 2.93. The van der Waals surface area contributed by atoms with Crippen LogP contribution in [0.4, 0.5) is 16.2 Å². The van der Waals surface area contributed by atoms with Crippen molar-refractivity contribution in [2.75, 3.05) is 36.6 Å². The third-order valence-electron chi connectivity index (χ3n) is 5.79. The molecule has 41 heavy (non-hydrogen) atoms. The van der Waals surface area contributed by atoms with Gasteiger partial charge >= 0.3 is 0 Å². The number of hydrogen-bond acceptors (Lipinski definition) is 8. The number of ether oxygens (including phenoxy) is 2. The number of nitrogens with zero attached hydrogens (tertiary/aromatic N) is 1. The number of aryl methyl sites for hydroxylation is 1. The number of nitrogens with one attached hydrogen (secondary N) is 2. The molecule has 3 aromatic rings. The number of amides is 4. The van der Waals surface area contributed by atoms with Crippen LogP contribution in [0.5, 0.6) is 11.5 Å². The number of thioether (sulfide) groups is 2. The quantitative estimate of drug-likeness (QED) is 0.212. The Balaban J connectivity index is 1.39. The fourth-order valence-corrected chi connectivity index (χ4v) is 5.11. The molecule has 0 unspecified atom stereocenters. The number of rotatable bonds is 11. The molecule has 2 N–H and O–H groups in total. The third kappa shape index (κ3) is 8.15. The van der Waals surface area contributed by atoms with Crippen molar-refractivity contribution in [1.82, 2.24) is 4.90 Å². The predicted molar refractivity (Wildman–Crippen MR) is 162 cm³/mol. The van der Waals surface area contributed by atoms with Crippen LogP contribution in [0.15, 0.2) is 76.5 Å². The second-order valence-corrected chi connectivity index (χ2v) is 10.8. The maximum Gasteiger partial charge on any atom is 0.294 e. The van der Waals surface area contributed by atoms with E-state index in [4.69, 9.17) is 9.47 Å². The first kappa shape index (κ1) is 29.8. The number of anilines is 2. The number of benzene rings is 3. The molecule has 0 aromatic heterocycles. The molecular formula is C30H29N3O6S2. The molecule has 0 radical (unpaired) electrons. The summed E-state index contributed by atoms with van der Waals surface area (Å²) in [4.78, 5) is 52.5. The lowest BCUT2D eigenvalue weighted by molar-refractivity contribution is -0.127. The van der Waals surface area contributed by atoms with Crippen molar-refractivity contribution < 1.29 is 28.7 Å². The van der Waals surface area contributed by atoms with E-state index in [0.29, 0.717) is 35.0 Å². The van der Waals surface area contributed by atoms with E-state index in [9.17, 15) is 19.2 Å². The van der Waals surface area contributed by atoms with Crippen molar-refractivity contribution in [3.8, 4) is 11.5 Å². The van der Waals surface area contributed by atoms with Crippen LogP contribution in [0.2, 0.25) is 0 Å². The van der Waals surface area contributed by atoms with Crippen LogP contribution in [-0.2, 0) is 14.4 Å². The van der Waals surface area contributed by atoms with Crippen LogP contribution in [-0.4, -0.2) is 53.9 Å². The predicted octanol–water partition coefficient (Wildman–Crippen LogP) is 5.81. The van der Waals surface area contributed by atoms with Gasteiger partial charge in [-0.2, -0.15) is 0 Å². The summed E-state index contributed by atoms with van der Waals surface area (Å²) in [6, 6.07) is 19.7. The highest BCUT2D eigenvalue weighted by Gasteiger charge is 2.36. The maximum atomic E-state index is 13.0. The van der Waals surface area contributed by atoms with Crippen molar-refractivity contribution >= 4 is 63.9 Å². The molecule has 9 nitrogen and oxygen atoms in total. The normalized spacial score (nSPS) is 13.8. The van der Waals surface area contributed by atoms with E-state index in [1.54, 1.807) is 30.3 Å². The van der Waals surface area contributed by atoms with Crippen LogP contribution < -0.4 is 20.1 Å². The Morgan fingerprint density at radius 1 is 0.927 bits per heavy atom. The summed E-state index contributed by atoms with van der Waals surface area (Å²) in [6.45, 7) is 3.50. The first-order chi connectivity index (χ1) is 19.7. The van der Waals surface area contributed by atoms with Gasteiger partial charge in [0, 0.05) is 16.3 Å². The lowest BCUT2D eigenvalue weighted by Gasteiger charge is -2.13. The van der Waals surface area contributed by atoms with Gasteiger partial charge in [-0.15, -0.1) is 11.8 Å². The lowest BCUT2D eigenvalue weighted by atomic mass is 10.2. The van der Waals surface area contributed by atoms with Crippen molar-refractivity contribution in [3.05, 3.63) is 82.8 Å². The number of carbonyl (C=O) groups is 4. The third-order valence-corrected chi connectivity index (χ3v) is 7.42. The first-order valence-electron chi connectivity index (χ1n) is 12.7. The number of imide groups is 1. The minimum atomic E-state index is -0.556. The van der Waals surface area contributed by atoms with E-state index < -0.39 is 23.6 Å². The molecular weight excluding hydrogens is 562 g/mol. The molecule has 4 rings (SSSR count). The Labute approximate surface area is 246 Å². The van der Waals surface area contributed by atoms with Gasteiger partial charge in [-0.05, 0) is 86.0 Å². The van der Waals surface area contributed by atoms with Gasteiger partial charge in [0.15, 0.2) is 18.1 Å². The van der Waals surface area contributed by atoms with Gasteiger partial charge in [0.05, 0.1) is 11.5 Å². The molecule has 0 bridgehead atoms. The summed E-state index contributed by atoms with van der Waals surface area (Å²) in [5.74, 6) is -0.610. The summed E-state index contributed by atoms with van der Waals surface area (Å²) >= 11 is 2.30. The summed E-state index contributed by atoms with van der Waals surface area (Å²) in [5, 5.41) is 4.97. The topological polar surface area (TPSA) is 114 Å². The average Bonchev–Trinajstić information content (AvgIpc) is 3.21. The van der Waals surface area contributed by atoms with Crippen LogP contribution in [0.1, 0.15) is 18.1 Å². The number of hydrogen-bond donors (Lipinski definition) is 2. The van der Waals surface area contributed by atoms with Gasteiger partial charge in [-0.25, -0.2) is 0 Å². The molecule has 0 saturated carbocycles. The Morgan fingerprint density at radius 2 is 1.68 bits per heavy atom. The SMILES string of the molecule is CCOc1cc(/C=C2\SC(=O)N(CC(=O)Nc3cccc(SC)c3)C2=O)ccc1OCC(=O)Nc1ccc(C)cc1. The van der Waals surface area contributed by atoms with Crippen molar-refractivity contribution in [1.29, 1.82) is 0 Å². The monoisotopic (exact) mass is 591 g/mol. The van der Waals surface area contributed by atoms with E-state index >= 15 is 0 Å². The fraction of sp³-hybridized carbons (Fsp3) is 0.200. The molecule has 1 heterocycles. The molecule has 3 aromatic carbocycles. The molecule has 1 aliphatic rings. The largest absolute Gasteiger partial charge is 0.490 e. The van der Waals surface area contributed by atoms with Crippen LogP contribution >= 0.6 is 23.5 Å². The first-order valence-corrected chi connectivity index (χ1v) is 14.7. The van der Waals surface area contributed by atoms with Crippen molar-refractivity contribution in [3.63, 3.8) is 0 Å². The Hall–Kier alpha value is -4.22. The van der Waals surface area contributed by atoms with Crippen LogP contribution in [0.3, 0.4) is 0 Å². The number of carbonyl (C=O) groups excluding carboxylic acids is 4. The van der Waals surface area contributed by atoms with E-state index in [2.05, 4.69) is 10.6 Å². The van der Waals surface area contributed by atoms with E-state index in [1.807, 2.05) is 62.6 Å². The second kappa shape index (κ2) is 13.9. The average molecular weight is 592 g/mol. The van der Waals surface area contributed by atoms with Gasteiger partial charge < -0.3 is 20.1 Å². The smallest absolute Gasteiger partial charge is 0.294 e. The molecule has 0 atom stereocenters. The van der Waals surface area contributed by atoms with Gasteiger partial charge in [-0.3, -0.25) is 24.1 Å². The Morgan fingerprint density at radius 3 is 2.41 bits per heavy atom. The highest BCUT2D eigenvalue weighted by atomic mass is 32.2. The molecule has 1 saturated heterocycles. The molecule has 1 aliphatic heterocycles. The summed E-state index contributed by atoms with van der Waals surface area (Å²) in [7, 11) is 0. The maximum absolute atomic E-state index is 13.0. The minimum Gasteiger partial charge on any atom is -0.490 e. The zero-order valence-electron chi connectivity index (χ0n) is 22.8. The molecule has 1 fully saturated rings. The Kier molecular flexibility index (Phi) is 10.1. The molecule has 0 aliphatic carbocycles. The molecule has 0 spiro atoms. The molecule has 212 valence electrons. The Bertz CT molecular complexity index is 1490. The van der Waals surface area contributed by atoms with Gasteiger partial charge in [0.25, 0.3) is 17.1 Å². The van der Waals surface area contributed by atoms with Crippen molar-refractivity contribution in [2.45, 2.75) is 18.7 Å². The van der Waals surface area contributed by atoms with Gasteiger partial charge in [0.1, 0.15) is 6.54 Å². The van der Waals surface area contributed by atoms with Crippen molar-refractivity contribution in [2.24, 2.45) is 0 Å². The van der Waals surface area contributed by atoms with Gasteiger partial charge in [-0.1, -0.05) is 29.8 Å². The highest BCUT2D eigenvalue weighted by molar-refractivity contribution is 8.18. The summed E-state index contributed by atoms with van der Waals surface area (Å²) in [6.07, 6.45) is 3.48. The molecule has 11 heteroatoms. The summed E-state index contributed by atoms with van der Waals surface area (Å²) < 4.78 is 11.4. The van der Waals surface area contributed by atoms with Gasteiger partial charge in [0.2, 0.25) is 5.91 Å². The van der Waals surface area contributed by atoms with Crippen LogP contribution in [0.25, 0.3) is 6.08 Å². The van der Waals surface area contributed by atoms with E-state index in [1.165, 1.54) is 11.8 Å². The minimum absolute atomic E-state index is 0.181. The zero-order valence-corrected chi connectivity index (χ0v) is 24.4. The second-order valence-electron chi connectivity index (χ2n) is 8.89.